The molecule has 8 atom stereocenters. The summed E-state index contributed by atoms with van der Waals surface area (Å²) in [6.07, 6.45) is 10.8. The molecule has 0 heterocycles. The smallest absolute Gasteiger partial charge is 0.0882 e. The van der Waals surface area contributed by atoms with Crippen molar-refractivity contribution in [2.75, 3.05) is 20.3 Å². The van der Waals surface area contributed by atoms with Crippen LogP contribution in [0, 0.1) is 40.4 Å². The number of aliphatic hydroxyl groups excluding tert-OH is 1. The molecule has 4 aliphatic rings. The van der Waals surface area contributed by atoms with Gasteiger partial charge in [0.15, 0.2) is 0 Å². The van der Waals surface area contributed by atoms with Crippen LogP contribution >= 0.6 is 0 Å². The molecule has 0 aromatic rings. The summed E-state index contributed by atoms with van der Waals surface area (Å²) in [7, 11) is 1.71. The molecule has 4 aliphatic carbocycles. The van der Waals surface area contributed by atoms with E-state index in [1.54, 1.807) is 7.11 Å². The average Bonchev–Trinajstić information content (AvgIpc) is 2.85. The number of hydrogen-bond donors (Lipinski definition) is 2. The van der Waals surface area contributed by atoms with E-state index in [9.17, 15) is 10.2 Å². The van der Waals surface area contributed by atoms with Crippen LogP contribution in [0.25, 0.3) is 0 Å². The van der Waals surface area contributed by atoms with Crippen LogP contribution in [0.2, 0.25) is 0 Å². The van der Waals surface area contributed by atoms with Crippen LogP contribution in [0.5, 0.6) is 0 Å². The summed E-state index contributed by atoms with van der Waals surface area (Å²) in [5, 5.41) is 20.8. The summed E-state index contributed by atoms with van der Waals surface area (Å²) in [5.74, 6) is 3.69. The fraction of sp³-hybridized carbons (Fsp3) is 1.00. The normalized spacial score (nSPS) is 55.3. The molecular weight excluding hydrogens is 312 g/mol. The Bertz CT molecular complexity index is 508. The van der Waals surface area contributed by atoms with Crippen molar-refractivity contribution in [1.29, 1.82) is 0 Å². The number of ether oxygens (including phenoxy) is 1. The van der Waals surface area contributed by atoms with Gasteiger partial charge < -0.3 is 14.9 Å². The summed E-state index contributed by atoms with van der Waals surface area (Å²) in [6, 6.07) is 0. The van der Waals surface area contributed by atoms with Crippen molar-refractivity contribution in [2.24, 2.45) is 40.4 Å². The Balaban J connectivity index is 1.55. The molecule has 0 aromatic carbocycles. The molecule has 25 heavy (non-hydrogen) atoms. The molecule has 4 saturated carbocycles. The predicted molar refractivity (Wildman–Crippen MR) is 99.1 cm³/mol. The third kappa shape index (κ3) is 2.56. The lowest BCUT2D eigenvalue weighted by molar-refractivity contribution is -0.151. The topological polar surface area (TPSA) is 49.7 Å². The molecular formula is C22H38O3. The summed E-state index contributed by atoms with van der Waals surface area (Å²) in [6.45, 7) is 5.92. The largest absolute Gasteiger partial charge is 0.396 e. The number of rotatable bonds is 3. The van der Waals surface area contributed by atoms with Crippen LogP contribution in [0.4, 0.5) is 0 Å². The second-order valence-corrected chi connectivity index (χ2v) is 10.5. The summed E-state index contributed by atoms with van der Waals surface area (Å²) in [5.41, 5.74) is 0.168. The first-order chi connectivity index (χ1) is 11.9. The van der Waals surface area contributed by atoms with Crippen molar-refractivity contribution in [2.45, 2.75) is 77.2 Å². The summed E-state index contributed by atoms with van der Waals surface area (Å²) in [4.78, 5) is 0. The van der Waals surface area contributed by atoms with Crippen molar-refractivity contribution in [3.05, 3.63) is 0 Å². The number of methoxy groups -OCH3 is 1. The van der Waals surface area contributed by atoms with Crippen molar-refractivity contribution in [1.82, 2.24) is 0 Å². The molecule has 3 heteroatoms. The van der Waals surface area contributed by atoms with Crippen LogP contribution in [-0.4, -0.2) is 36.1 Å². The predicted octanol–water partition coefficient (Wildman–Crippen LogP) is 4.02. The van der Waals surface area contributed by atoms with E-state index in [0.717, 1.165) is 30.6 Å². The van der Waals surface area contributed by atoms with Crippen molar-refractivity contribution in [3.8, 4) is 0 Å². The molecule has 0 aromatic heterocycles. The van der Waals surface area contributed by atoms with Gasteiger partial charge >= 0.3 is 0 Å². The van der Waals surface area contributed by atoms with Crippen molar-refractivity contribution < 1.29 is 14.9 Å². The van der Waals surface area contributed by atoms with Crippen molar-refractivity contribution >= 4 is 0 Å². The van der Waals surface area contributed by atoms with E-state index in [1.807, 2.05) is 0 Å². The lowest BCUT2D eigenvalue weighted by Crippen LogP contribution is -2.55. The quantitative estimate of drug-likeness (QED) is 0.808. The Labute approximate surface area is 153 Å². The molecule has 0 saturated heterocycles. The minimum atomic E-state index is -0.578. The minimum absolute atomic E-state index is 0.335. The molecule has 144 valence electrons. The fourth-order valence-electron chi connectivity index (χ4n) is 8.21. The van der Waals surface area contributed by atoms with Gasteiger partial charge in [-0.2, -0.15) is 0 Å². The highest BCUT2D eigenvalue weighted by Crippen LogP contribution is 2.70. The van der Waals surface area contributed by atoms with Crippen molar-refractivity contribution in [3.63, 3.8) is 0 Å². The van der Waals surface area contributed by atoms with E-state index in [0.29, 0.717) is 35.9 Å². The van der Waals surface area contributed by atoms with Gasteiger partial charge in [0, 0.05) is 13.7 Å². The second kappa shape index (κ2) is 6.21. The molecule has 0 aliphatic heterocycles. The number of fused-ring (bicyclic) bond motifs is 5. The molecule has 0 amide bonds. The standard InChI is InChI=1S/C22H38O3/c1-20-10-7-18-17-8-11-22(24,14-25-3)12-15(17)4-5-19(18)21(20,2)9-6-16(20)13-23/h15-19,23-24H,4-14H2,1-3H3/t15-,16-,17+,18-,19-,20-,21+,22-/m1/s1. The Morgan fingerprint density at radius 2 is 1.64 bits per heavy atom. The van der Waals surface area contributed by atoms with E-state index in [2.05, 4.69) is 13.8 Å². The minimum Gasteiger partial charge on any atom is -0.396 e. The highest BCUT2D eigenvalue weighted by atomic mass is 16.5. The monoisotopic (exact) mass is 350 g/mol. The van der Waals surface area contributed by atoms with E-state index in [-0.39, 0.29) is 0 Å². The zero-order valence-electron chi connectivity index (χ0n) is 16.5. The van der Waals surface area contributed by atoms with Gasteiger partial charge in [-0.1, -0.05) is 13.8 Å². The lowest BCUT2D eigenvalue weighted by atomic mass is 9.44. The first-order valence-corrected chi connectivity index (χ1v) is 10.7. The fourth-order valence-corrected chi connectivity index (χ4v) is 8.21. The van der Waals surface area contributed by atoms with E-state index in [1.165, 1.54) is 44.9 Å². The Kier molecular flexibility index (Phi) is 4.53. The summed E-state index contributed by atoms with van der Waals surface area (Å²) >= 11 is 0. The molecule has 0 unspecified atom stereocenters. The van der Waals surface area contributed by atoms with Crippen LogP contribution < -0.4 is 0 Å². The zero-order chi connectivity index (χ0) is 17.9. The third-order valence-corrected chi connectivity index (χ3v) is 9.77. The molecule has 2 N–H and O–H groups in total. The maximum Gasteiger partial charge on any atom is 0.0882 e. The van der Waals surface area contributed by atoms with Crippen LogP contribution in [0.3, 0.4) is 0 Å². The summed E-state index contributed by atoms with van der Waals surface area (Å²) < 4.78 is 5.31. The SMILES string of the molecule is COC[C@@]1(O)CC[C@H]2[C@H](CC[C@@H]3[C@@H]2CC[C@]2(C)[C@@H](CO)CC[C@@]32C)C1. The molecule has 0 bridgehead atoms. The van der Waals surface area contributed by atoms with Gasteiger partial charge in [0.25, 0.3) is 0 Å². The van der Waals surface area contributed by atoms with E-state index < -0.39 is 5.60 Å². The highest BCUT2D eigenvalue weighted by molar-refractivity contribution is 5.12. The Hall–Kier alpha value is -0.120. The average molecular weight is 351 g/mol. The lowest BCUT2D eigenvalue weighted by Gasteiger charge is -2.61. The van der Waals surface area contributed by atoms with Gasteiger partial charge in [-0.05, 0) is 98.2 Å². The zero-order valence-corrected chi connectivity index (χ0v) is 16.5. The van der Waals surface area contributed by atoms with Gasteiger partial charge in [-0.15, -0.1) is 0 Å². The molecule has 4 fully saturated rings. The Morgan fingerprint density at radius 3 is 2.36 bits per heavy atom. The first kappa shape index (κ1) is 18.3. The molecule has 0 radical (unpaired) electrons. The van der Waals surface area contributed by atoms with Gasteiger partial charge in [-0.25, -0.2) is 0 Å². The second-order valence-electron chi connectivity index (χ2n) is 10.5. The van der Waals surface area contributed by atoms with Crippen LogP contribution in [-0.2, 0) is 4.74 Å². The van der Waals surface area contributed by atoms with E-state index in [4.69, 9.17) is 4.74 Å². The number of aliphatic hydroxyl groups is 2. The van der Waals surface area contributed by atoms with E-state index >= 15 is 0 Å². The molecule has 4 rings (SSSR count). The van der Waals surface area contributed by atoms with Gasteiger partial charge in [-0.3, -0.25) is 0 Å². The third-order valence-electron chi connectivity index (χ3n) is 9.77. The van der Waals surface area contributed by atoms with Crippen LogP contribution in [0.1, 0.15) is 71.6 Å². The van der Waals surface area contributed by atoms with Crippen LogP contribution in [0.15, 0.2) is 0 Å². The highest BCUT2D eigenvalue weighted by Gasteiger charge is 2.63. The Morgan fingerprint density at radius 1 is 0.920 bits per heavy atom. The number of hydrogen-bond acceptors (Lipinski definition) is 3. The maximum absolute atomic E-state index is 10.9. The van der Waals surface area contributed by atoms with Gasteiger partial charge in [0.2, 0.25) is 0 Å². The molecule has 3 nitrogen and oxygen atoms in total. The maximum atomic E-state index is 10.9. The molecule has 0 spiro atoms. The van der Waals surface area contributed by atoms with Gasteiger partial charge in [0.05, 0.1) is 12.2 Å². The van der Waals surface area contributed by atoms with Gasteiger partial charge in [0.1, 0.15) is 0 Å². The first-order valence-electron chi connectivity index (χ1n) is 10.7.